The predicted octanol–water partition coefficient (Wildman–Crippen LogP) is 2.33. The van der Waals surface area contributed by atoms with E-state index in [0.29, 0.717) is 5.56 Å². The standard InChI is InChI=1S/C13H18FNO2/c1-8(2)12(13(16)17)15-7-10-6-9(3)4-5-11(10)14/h4-6,8,12,15H,7H2,1-3H3,(H,16,17). The van der Waals surface area contributed by atoms with Gasteiger partial charge in [0.15, 0.2) is 0 Å². The second-order valence-electron chi connectivity index (χ2n) is 4.54. The van der Waals surface area contributed by atoms with Gasteiger partial charge < -0.3 is 5.11 Å². The Morgan fingerprint density at radius 3 is 2.65 bits per heavy atom. The Kier molecular flexibility index (Phi) is 4.63. The van der Waals surface area contributed by atoms with E-state index in [1.807, 2.05) is 20.8 Å². The molecule has 0 saturated carbocycles. The summed E-state index contributed by atoms with van der Waals surface area (Å²) in [7, 11) is 0. The molecule has 1 rings (SSSR count). The fourth-order valence-corrected chi connectivity index (χ4v) is 1.67. The Hall–Kier alpha value is -1.42. The van der Waals surface area contributed by atoms with Crippen LogP contribution < -0.4 is 5.32 Å². The summed E-state index contributed by atoms with van der Waals surface area (Å²) in [5.41, 5.74) is 1.46. The van der Waals surface area contributed by atoms with E-state index < -0.39 is 12.0 Å². The van der Waals surface area contributed by atoms with Gasteiger partial charge in [0, 0.05) is 12.1 Å². The molecule has 0 heterocycles. The summed E-state index contributed by atoms with van der Waals surface area (Å²) in [6.45, 7) is 5.74. The third kappa shape index (κ3) is 3.82. The molecule has 0 fully saturated rings. The summed E-state index contributed by atoms with van der Waals surface area (Å²) in [4.78, 5) is 11.0. The number of carbonyl (C=O) groups is 1. The van der Waals surface area contributed by atoms with Gasteiger partial charge >= 0.3 is 5.97 Å². The molecule has 17 heavy (non-hydrogen) atoms. The van der Waals surface area contributed by atoms with Crippen molar-refractivity contribution in [3.63, 3.8) is 0 Å². The molecule has 1 unspecified atom stereocenters. The van der Waals surface area contributed by atoms with Crippen LogP contribution in [0.3, 0.4) is 0 Å². The predicted molar refractivity (Wildman–Crippen MR) is 64.2 cm³/mol. The Morgan fingerprint density at radius 2 is 2.12 bits per heavy atom. The van der Waals surface area contributed by atoms with Crippen molar-refractivity contribution in [1.29, 1.82) is 0 Å². The van der Waals surface area contributed by atoms with E-state index in [-0.39, 0.29) is 18.3 Å². The van der Waals surface area contributed by atoms with Crippen molar-refractivity contribution in [2.24, 2.45) is 5.92 Å². The number of hydrogen-bond acceptors (Lipinski definition) is 2. The van der Waals surface area contributed by atoms with Crippen LogP contribution in [-0.2, 0) is 11.3 Å². The minimum atomic E-state index is -0.909. The van der Waals surface area contributed by atoms with Crippen LogP contribution in [0.2, 0.25) is 0 Å². The average Bonchev–Trinajstić information content (AvgIpc) is 2.22. The molecule has 0 aliphatic rings. The molecule has 0 radical (unpaired) electrons. The Bertz CT molecular complexity index is 404. The van der Waals surface area contributed by atoms with Crippen molar-refractivity contribution in [1.82, 2.24) is 5.32 Å². The number of carboxylic acids is 1. The van der Waals surface area contributed by atoms with Crippen molar-refractivity contribution in [2.75, 3.05) is 0 Å². The number of aliphatic carboxylic acids is 1. The molecule has 0 bridgehead atoms. The summed E-state index contributed by atoms with van der Waals surface area (Å²) >= 11 is 0. The minimum Gasteiger partial charge on any atom is -0.480 e. The molecule has 2 N–H and O–H groups in total. The van der Waals surface area contributed by atoms with Crippen LogP contribution in [0.5, 0.6) is 0 Å². The molecule has 4 heteroatoms. The van der Waals surface area contributed by atoms with Crippen molar-refractivity contribution in [3.8, 4) is 0 Å². The molecule has 0 aliphatic heterocycles. The highest BCUT2D eigenvalue weighted by Gasteiger charge is 2.20. The first-order valence-corrected chi connectivity index (χ1v) is 5.63. The normalized spacial score (nSPS) is 12.8. The molecular weight excluding hydrogens is 221 g/mol. The number of carboxylic acid groups (broad SMARTS) is 1. The minimum absolute atomic E-state index is 0.0413. The van der Waals surface area contributed by atoms with Gasteiger partial charge in [0.1, 0.15) is 11.9 Å². The Labute approximate surface area is 101 Å². The van der Waals surface area contributed by atoms with Gasteiger partial charge in [-0.05, 0) is 18.9 Å². The number of rotatable bonds is 5. The third-order valence-corrected chi connectivity index (χ3v) is 2.65. The van der Waals surface area contributed by atoms with E-state index in [0.717, 1.165) is 5.56 Å². The zero-order valence-corrected chi connectivity index (χ0v) is 10.3. The maximum atomic E-state index is 13.4. The summed E-state index contributed by atoms with van der Waals surface area (Å²) in [5.74, 6) is -1.26. The second kappa shape index (κ2) is 5.77. The lowest BCUT2D eigenvalue weighted by molar-refractivity contribution is -0.140. The maximum Gasteiger partial charge on any atom is 0.320 e. The largest absolute Gasteiger partial charge is 0.480 e. The summed E-state index contributed by atoms with van der Waals surface area (Å²) < 4.78 is 13.4. The fourth-order valence-electron chi connectivity index (χ4n) is 1.67. The number of hydrogen-bond donors (Lipinski definition) is 2. The van der Waals surface area contributed by atoms with E-state index >= 15 is 0 Å². The van der Waals surface area contributed by atoms with E-state index in [4.69, 9.17) is 5.11 Å². The zero-order chi connectivity index (χ0) is 13.0. The highest BCUT2D eigenvalue weighted by Crippen LogP contribution is 2.11. The number of aryl methyl sites for hydroxylation is 1. The molecule has 1 aromatic carbocycles. The lowest BCUT2D eigenvalue weighted by atomic mass is 10.0. The van der Waals surface area contributed by atoms with Crippen LogP contribution in [0.1, 0.15) is 25.0 Å². The van der Waals surface area contributed by atoms with Gasteiger partial charge in [-0.15, -0.1) is 0 Å². The highest BCUT2D eigenvalue weighted by atomic mass is 19.1. The molecule has 1 aromatic rings. The average molecular weight is 239 g/mol. The topological polar surface area (TPSA) is 49.3 Å². The first-order valence-electron chi connectivity index (χ1n) is 5.63. The molecule has 0 amide bonds. The molecule has 0 saturated heterocycles. The summed E-state index contributed by atoms with van der Waals surface area (Å²) in [6, 6.07) is 4.16. The zero-order valence-electron chi connectivity index (χ0n) is 10.3. The first kappa shape index (κ1) is 13.6. The van der Waals surface area contributed by atoms with E-state index in [1.54, 1.807) is 12.1 Å². The monoisotopic (exact) mass is 239 g/mol. The van der Waals surface area contributed by atoms with E-state index in [1.165, 1.54) is 6.07 Å². The van der Waals surface area contributed by atoms with Crippen molar-refractivity contribution in [3.05, 3.63) is 35.1 Å². The lowest BCUT2D eigenvalue weighted by Gasteiger charge is -2.18. The van der Waals surface area contributed by atoms with Crippen LogP contribution in [-0.4, -0.2) is 17.1 Å². The number of halogens is 1. The first-order chi connectivity index (χ1) is 7.91. The van der Waals surface area contributed by atoms with Gasteiger partial charge in [0.2, 0.25) is 0 Å². The van der Waals surface area contributed by atoms with Crippen LogP contribution in [0.25, 0.3) is 0 Å². The molecule has 0 spiro atoms. The van der Waals surface area contributed by atoms with Gasteiger partial charge in [0.05, 0.1) is 0 Å². The Morgan fingerprint density at radius 1 is 1.47 bits per heavy atom. The molecule has 3 nitrogen and oxygen atoms in total. The SMILES string of the molecule is Cc1ccc(F)c(CNC(C(=O)O)C(C)C)c1. The van der Waals surface area contributed by atoms with Crippen LogP contribution in [0.4, 0.5) is 4.39 Å². The van der Waals surface area contributed by atoms with E-state index in [9.17, 15) is 9.18 Å². The van der Waals surface area contributed by atoms with Gasteiger partial charge in [-0.25, -0.2) is 4.39 Å². The van der Waals surface area contributed by atoms with Crippen molar-refractivity contribution >= 4 is 5.97 Å². The number of nitrogens with one attached hydrogen (secondary N) is 1. The van der Waals surface area contributed by atoms with Crippen LogP contribution in [0, 0.1) is 18.7 Å². The molecule has 94 valence electrons. The maximum absolute atomic E-state index is 13.4. The molecule has 0 aliphatic carbocycles. The smallest absolute Gasteiger partial charge is 0.320 e. The molecule has 0 aromatic heterocycles. The van der Waals surface area contributed by atoms with Gasteiger partial charge in [0.25, 0.3) is 0 Å². The molecular formula is C13H18FNO2. The summed E-state index contributed by atoms with van der Waals surface area (Å²) in [6.07, 6.45) is 0. The Balaban J connectivity index is 2.72. The van der Waals surface area contributed by atoms with Crippen molar-refractivity contribution < 1.29 is 14.3 Å². The van der Waals surface area contributed by atoms with Crippen molar-refractivity contribution in [2.45, 2.75) is 33.4 Å². The van der Waals surface area contributed by atoms with Crippen LogP contribution >= 0.6 is 0 Å². The van der Waals surface area contributed by atoms with E-state index in [2.05, 4.69) is 5.32 Å². The molecule has 1 atom stereocenters. The van der Waals surface area contributed by atoms with Gasteiger partial charge in [-0.1, -0.05) is 31.5 Å². The third-order valence-electron chi connectivity index (χ3n) is 2.65. The fraction of sp³-hybridized carbons (Fsp3) is 0.462. The number of benzene rings is 1. The van der Waals surface area contributed by atoms with Crippen LogP contribution in [0.15, 0.2) is 18.2 Å². The lowest BCUT2D eigenvalue weighted by Crippen LogP contribution is -2.40. The summed E-state index contributed by atoms with van der Waals surface area (Å²) in [5, 5.41) is 11.9. The van der Waals surface area contributed by atoms with Gasteiger partial charge in [-0.2, -0.15) is 0 Å². The second-order valence-corrected chi connectivity index (χ2v) is 4.54. The highest BCUT2D eigenvalue weighted by molar-refractivity contribution is 5.73. The van der Waals surface area contributed by atoms with Gasteiger partial charge in [-0.3, -0.25) is 10.1 Å². The quantitative estimate of drug-likeness (QED) is 0.829.